The second-order valence-electron chi connectivity index (χ2n) is 5.95. The second-order valence-corrected chi connectivity index (χ2v) is 6.81. The van der Waals surface area contributed by atoms with Crippen LogP contribution in [0, 0.1) is 0 Å². The molecule has 134 valence electrons. The summed E-state index contributed by atoms with van der Waals surface area (Å²) in [5.41, 5.74) is 1.13. The summed E-state index contributed by atoms with van der Waals surface area (Å²) in [5.74, 6) is -0.259. The summed E-state index contributed by atoms with van der Waals surface area (Å²) in [6, 6.07) is 12.4. The minimum absolute atomic E-state index is 0.197. The minimum Gasteiger partial charge on any atom is -0.345 e. The molecule has 1 unspecified atom stereocenters. The predicted molar refractivity (Wildman–Crippen MR) is 105 cm³/mol. The van der Waals surface area contributed by atoms with Crippen LogP contribution < -0.4 is 16.4 Å². The van der Waals surface area contributed by atoms with Crippen molar-refractivity contribution in [3.8, 4) is 0 Å². The van der Waals surface area contributed by atoms with Crippen molar-refractivity contribution in [2.24, 2.45) is 0 Å². The number of aryl methyl sites for hydroxylation is 1. The van der Waals surface area contributed by atoms with E-state index >= 15 is 0 Å². The highest BCUT2D eigenvalue weighted by molar-refractivity contribution is 9.10. The van der Waals surface area contributed by atoms with Gasteiger partial charge in [-0.05, 0) is 43.7 Å². The Bertz CT molecular complexity index is 1100. The van der Waals surface area contributed by atoms with E-state index in [9.17, 15) is 14.4 Å². The Morgan fingerprint density at radius 2 is 1.96 bits per heavy atom. The topological polar surface area (TPSA) is 84.0 Å². The molecular formula is C19H18BrN3O3. The molecule has 6 nitrogen and oxygen atoms in total. The fourth-order valence-corrected chi connectivity index (χ4v) is 3.55. The highest BCUT2D eigenvalue weighted by Gasteiger charge is 2.15. The van der Waals surface area contributed by atoms with Crippen LogP contribution in [-0.2, 0) is 6.54 Å². The number of aromatic nitrogens is 2. The van der Waals surface area contributed by atoms with Crippen LogP contribution in [0.1, 0.15) is 35.8 Å². The maximum absolute atomic E-state index is 12.6. The third kappa shape index (κ3) is 3.35. The van der Waals surface area contributed by atoms with Gasteiger partial charge in [0.25, 0.3) is 5.91 Å². The number of benzene rings is 2. The molecule has 1 heterocycles. The molecular weight excluding hydrogens is 398 g/mol. The van der Waals surface area contributed by atoms with Gasteiger partial charge in [0.05, 0.1) is 17.1 Å². The normalized spacial score (nSPS) is 12.1. The van der Waals surface area contributed by atoms with Gasteiger partial charge in [-0.25, -0.2) is 0 Å². The monoisotopic (exact) mass is 415 g/mol. The van der Waals surface area contributed by atoms with E-state index in [1.54, 1.807) is 25.1 Å². The Morgan fingerprint density at radius 1 is 1.23 bits per heavy atom. The summed E-state index contributed by atoms with van der Waals surface area (Å²) in [6.45, 7) is 4.07. The smallest absolute Gasteiger partial charge is 0.316 e. The van der Waals surface area contributed by atoms with Crippen molar-refractivity contribution in [1.82, 2.24) is 14.9 Å². The number of nitrogens with one attached hydrogen (secondary N) is 2. The quantitative estimate of drug-likeness (QED) is 0.642. The molecule has 7 heteroatoms. The Kier molecular flexibility index (Phi) is 5.08. The Morgan fingerprint density at radius 3 is 2.65 bits per heavy atom. The molecule has 0 radical (unpaired) electrons. The van der Waals surface area contributed by atoms with E-state index in [2.05, 4.69) is 26.2 Å². The molecule has 26 heavy (non-hydrogen) atoms. The highest BCUT2D eigenvalue weighted by atomic mass is 79.9. The summed E-state index contributed by atoms with van der Waals surface area (Å²) < 4.78 is 2.31. The van der Waals surface area contributed by atoms with Gasteiger partial charge in [0.2, 0.25) is 0 Å². The lowest BCUT2D eigenvalue weighted by molar-refractivity contribution is 0.0940. The number of aromatic amines is 1. The highest BCUT2D eigenvalue weighted by Crippen LogP contribution is 2.23. The molecule has 3 aromatic rings. The Hall–Kier alpha value is -2.67. The number of hydrogen-bond acceptors (Lipinski definition) is 3. The summed E-state index contributed by atoms with van der Waals surface area (Å²) in [6.07, 6.45) is 0. The number of carbonyl (C=O) groups is 1. The molecule has 1 atom stereocenters. The van der Waals surface area contributed by atoms with E-state index in [1.807, 2.05) is 31.2 Å². The Balaban J connectivity index is 1.94. The predicted octanol–water partition coefficient (Wildman–Crippen LogP) is 2.96. The van der Waals surface area contributed by atoms with Crippen molar-refractivity contribution in [3.63, 3.8) is 0 Å². The molecule has 0 saturated carbocycles. The van der Waals surface area contributed by atoms with Gasteiger partial charge in [-0.3, -0.25) is 14.4 Å². The van der Waals surface area contributed by atoms with Crippen LogP contribution in [-0.4, -0.2) is 15.5 Å². The number of amides is 1. The average molecular weight is 416 g/mol. The number of carbonyl (C=O) groups excluding carboxylic acids is 1. The van der Waals surface area contributed by atoms with Crippen LogP contribution in [0.25, 0.3) is 11.0 Å². The van der Waals surface area contributed by atoms with E-state index in [0.29, 0.717) is 23.1 Å². The van der Waals surface area contributed by atoms with Gasteiger partial charge in [-0.1, -0.05) is 34.1 Å². The number of halogens is 1. The number of H-pyrrole nitrogens is 1. The van der Waals surface area contributed by atoms with E-state index < -0.39 is 11.1 Å². The van der Waals surface area contributed by atoms with Gasteiger partial charge in [-0.2, -0.15) is 0 Å². The third-order valence-electron chi connectivity index (χ3n) is 4.27. The first-order valence-electron chi connectivity index (χ1n) is 8.24. The third-order valence-corrected chi connectivity index (χ3v) is 4.99. The molecule has 0 aliphatic carbocycles. The first kappa shape index (κ1) is 18.1. The SMILES string of the molecule is CCn1c(=O)c(=O)[nH]c2cc(C(=O)NC(C)c3ccccc3Br)ccc21. The molecule has 0 saturated heterocycles. The molecule has 1 amide bonds. The van der Waals surface area contributed by atoms with Gasteiger partial charge < -0.3 is 14.9 Å². The summed E-state index contributed by atoms with van der Waals surface area (Å²) >= 11 is 3.48. The van der Waals surface area contributed by atoms with Crippen LogP contribution in [0.2, 0.25) is 0 Å². The zero-order valence-electron chi connectivity index (χ0n) is 14.4. The van der Waals surface area contributed by atoms with E-state index in [1.165, 1.54) is 4.57 Å². The van der Waals surface area contributed by atoms with E-state index in [-0.39, 0.29) is 11.9 Å². The van der Waals surface area contributed by atoms with Gasteiger partial charge in [-0.15, -0.1) is 0 Å². The van der Waals surface area contributed by atoms with Gasteiger partial charge in [0.15, 0.2) is 0 Å². The number of rotatable bonds is 4. The lowest BCUT2D eigenvalue weighted by atomic mass is 10.1. The summed E-state index contributed by atoms with van der Waals surface area (Å²) in [4.78, 5) is 38.9. The van der Waals surface area contributed by atoms with Crippen LogP contribution in [0.5, 0.6) is 0 Å². The van der Waals surface area contributed by atoms with Crippen molar-refractivity contribution >= 4 is 32.9 Å². The molecule has 3 rings (SSSR count). The molecule has 0 bridgehead atoms. The number of nitrogens with zero attached hydrogens (tertiary/aromatic N) is 1. The second kappa shape index (κ2) is 7.29. The fraction of sp³-hybridized carbons (Fsp3) is 0.211. The van der Waals surface area contributed by atoms with Crippen molar-refractivity contribution in [2.75, 3.05) is 0 Å². The average Bonchev–Trinajstić information content (AvgIpc) is 2.62. The lowest BCUT2D eigenvalue weighted by Gasteiger charge is -2.16. The first-order chi connectivity index (χ1) is 12.4. The molecule has 0 aliphatic rings. The molecule has 0 fully saturated rings. The summed E-state index contributed by atoms with van der Waals surface area (Å²) in [5, 5.41) is 2.94. The molecule has 1 aromatic heterocycles. The molecule has 2 N–H and O–H groups in total. The van der Waals surface area contributed by atoms with Crippen molar-refractivity contribution in [2.45, 2.75) is 26.4 Å². The largest absolute Gasteiger partial charge is 0.345 e. The zero-order valence-corrected chi connectivity index (χ0v) is 16.0. The Labute approximate surface area is 158 Å². The van der Waals surface area contributed by atoms with Crippen molar-refractivity contribution < 1.29 is 4.79 Å². The molecule has 0 aliphatic heterocycles. The molecule has 0 spiro atoms. The van der Waals surface area contributed by atoms with Crippen molar-refractivity contribution in [3.05, 3.63) is 78.8 Å². The standard InChI is InChI=1S/C19H18BrN3O3/c1-3-23-16-9-8-12(10-15(16)22-18(25)19(23)26)17(24)21-11(2)13-6-4-5-7-14(13)20/h4-11H,3H2,1-2H3,(H,21,24)(H,22,25). The van der Waals surface area contributed by atoms with Crippen molar-refractivity contribution in [1.29, 1.82) is 0 Å². The van der Waals surface area contributed by atoms with Crippen LogP contribution in [0.3, 0.4) is 0 Å². The van der Waals surface area contributed by atoms with E-state index in [4.69, 9.17) is 0 Å². The minimum atomic E-state index is -0.696. The van der Waals surface area contributed by atoms with Crippen LogP contribution in [0.15, 0.2) is 56.5 Å². The van der Waals surface area contributed by atoms with Crippen LogP contribution >= 0.6 is 15.9 Å². The first-order valence-corrected chi connectivity index (χ1v) is 9.03. The van der Waals surface area contributed by atoms with Gasteiger partial charge in [0.1, 0.15) is 0 Å². The lowest BCUT2D eigenvalue weighted by Crippen LogP contribution is -2.36. The van der Waals surface area contributed by atoms with E-state index in [0.717, 1.165) is 10.0 Å². The number of hydrogen-bond donors (Lipinski definition) is 2. The van der Waals surface area contributed by atoms with Crippen LogP contribution in [0.4, 0.5) is 0 Å². The number of fused-ring (bicyclic) bond motifs is 1. The maximum Gasteiger partial charge on any atom is 0.316 e. The molecule has 2 aromatic carbocycles. The maximum atomic E-state index is 12.6. The van der Waals surface area contributed by atoms with Gasteiger partial charge >= 0.3 is 11.1 Å². The zero-order chi connectivity index (χ0) is 18.8. The summed E-state index contributed by atoms with van der Waals surface area (Å²) in [7, 11) is 0. The van der Waals surface area contributed by atoms with Gasteiger partial charge in [0, 0.05) is 16.6 Å². The fourth-order valence-electron chi connectivity index (χ4n) is 2.92.